The number of rotatable bonds is 3. The lowest BCUT2D eigenvalue weighted by molar-refractivity contribution is -0.124. The highest BCUT2D eigenvalue weighted by atomic mass is 35.5. The van der Waals surface area contributed by atoms with Gasteiger partial charge >= 0.3 is 0 Å². The second kappa shape index (κ2) is 7.56. The van der Waals surface area contributed by atoms with Crippen molar-refractivity contribution in [3.8, 4) is 5.75 Å². The summed E-state index contributed by atoms with van der Waals surface area (Å²) in [4.78, 5) is 28.9. The number of hydrogen-bond acceptors (Lipinski definition) is 3. The van der Waals surface area contributed by atoms with E-state index >= 15 is 0 Å². The van der Waals surface area contributed by atoms with Gasteiger partial charge < -0.3 is 14.5 Å². The van der Waals surface area contributed by atoms with Crippen molar-refractivity contribution >= 4 is 40.7 Å². The predicted molar refractivity (Wildman–Crippen MR) is 102 cm³/mol. The Morgan fingerprint density at radius 3 is 2.58 bits per heavy atom. The fourth-order valence-electron chi connectivity index (χ4n) is 3.06. The summed E-state index contributed by atoms with van der Waals surface area (Å²) in [6.45, 7) is 2.46. The van der Waals surface area contributed by atoms with E-state index in [9.17, 15) is 9.59 Å². The lowest BCUT2D eigenvalue weighted by Gasteiger charge is -2.39. The summed E-state index contributed by atoms with van der Waals surface area (Å²) in [6, 6.07) is 11.4. The molecule has 26 heavy (non-hydrogen) atoms. The summed E-state index contributed by atoms with van der Waals surface area (Å²) >= 11 is 12.2. The second-order valence-corrected chi connectivity index (χ2v) is 6.80. The Bertz CT molecular complexity index is 856. The van der Waals surface area contributed by atoms with Gasteiger partial charge in [0.15, 0.2) is 0 Å². The van der Waals surface area contributed by atoms with Gasteiger partial charge in [-0.05, 0) is 37.3 Å². The summed E-state index contributed by atoms with van der Waals surface area (Å²) in [7, 11) is 1.52. The first-order valence-electron chi connectivity index (χ1n) is 8.14. The summed E-state index contributed by atoms with van der Waals surface area (Å²) in [5.41, 5.74) is 1.03. The molecule has 5 nitrogen and oxygen atoms in total. The molecule has 0 spiro atoms. The number of halogens is 2. The van der Waals surface area contributed by atoms with Gasteiger partial charge in [-0.3, -0.25) is 9.59 Å². The molecule has 3 rings (SSSR count). The van der Waals surface area contributed by atoms with Crippen LogP contribution in [0.15, 0.2) is 42.5 Å². The van der Waals surface area contributed by atoms with E-state index in [4.69, 9.17) is 27.9 Å². The number of anilines is 1. The highest BCUT2D eigenvalue weighted by molar-refractivity contribution is 6.36. The largest absolute Gasteiger partial charge is 0.496 e. The average Bonchev–Trinajstić information content (AvgIpc) is 2.64. The van der Waals surface area contributed by atoms with E-state index in [-0.39, 0.29) is 11.8 Å². The van der Waals surface area contributed by atoms with Crippen molar-refractivity contribution in [2.45, 2.75) is 13.0 Å². The van der Waals surface area contributed by atoms with Crippen molar-refractivity contribution in [1.82, 2.24) is 4.90 Å². The SMILES string of the molecule is COc1ccccc1C(=O)N1CCN(c2ccc(Cl)cc2Cl)C(=O)C1C. The number of amides is 2. The number of piperazine rings is 1. The Morgan fingerprint density at radius 2 is 1.88 bits per heavy atom. The van der Waals surface area contributed by atoms with Gasteiger partial charge in [0.2, 0.25) is 5.91 Å². The molecule has 2 aromatic rings. The minimum Gasteiger partial charge on any atom is -0.496 e. The Kier molecular flexibility index (Phi) is 5.39. The number of ether oxygens (including phenoxy) is 1. The molecule has 1 aliphatic rings. The highest BCUT2D eigenvalue weighted by Crippen LogP contribution is 2.31. The summed E-state index contributed by atoms with van der Waals surface area (Å²) in [5.74, 6) is 0.0641. The van der Waals surface area contributed by atoms with E-state index in [1.807, 2.05) is 0 Å². The lowest BCUT2D eigenvalue weighted by Crippen LogP contribution is -2.57. The summed E-state index contributed by atoms with van der Waals surface area (Å²) < 4.78 is 5.26. The second-order valence-electron chi connectivity index (χ2n) is 5.96. The van der Waals surface area contributed by atoms with Gasteiger partial charge in [-0.2, -0.15) is 0 Å². The zero-order chi connectivity index (χ0) is 18.8. The van der Waals surface area contributed by atoms with Crippen molar-refractivity contribution in [3.63, 3.8) is 0 Å². The van der Waals surface area contributed by atoms with Crippen LogP contribution < -0.4 is 9.64 Å². The minimum absolute atomic E-state index is 0.191. The molecule has 0 saturated carbocycles. The molecule has 1 aliphatic heterocycles. The molecule has 136 valence electrons. The van der Waals surface area contributed by atoms with E-state index < -0.39 is 6.04 Å². The maximum Gasteiger partial charge on any atom is 0.258 e. The standard InChI is InChI=1S/C19H18Cl2N2O3/c1-12-18(24)23(16-8-7-13(20)11-15(16)21)10-9-22(12)19(25)14-5-3-4-6-17(14)26-2/h3-8,11-12H,9-10H2,1-2H3. The monoisotopic (exact) mass is 392 g/mol. The summed E-state index contributed by atoms with van der Waals surface area (Å²) in [6.07, 6.45) is 0. The molecule has 1 saturated heterocycles. The maximum atomic E-state index is 12.9. The zero-order valence-corrected chi connectivity index (χ0v) is 15.9. The van der Waals surface area contributed by atoms with Crippen molar-refractivity contribution in [1.29, 1.82) is 0 Å². The van der Waals surface area contributed by atoms with Gasteiger partial charge in [0.25, 0.3) is 5.91 Å². The molecule has 1 fully saturated rings. The van der Waals surface area contributed by atoms with Crippen LogP contribution in [0.3, 0.4) is 0 Å². The van der Waals surface area contributed by atoms with Crippen molar-refractivity contribution < 1.29 is 14.3 Å². The molecule has 0 aliphatic carbocycles. The van der Waals surface area contributed by atoms with Crippen LogP contribution in [0.25, 0.3) is 0 Å². The molecule has 1 unspecified atom stereocenters. The normalized spacial score (nSPS) is 17.4. The van der Waals surface area contributed by atoms with Crippen LogP contribution in [0.2, 0.25) is 10.0 Å². The smallest absolute Gasteiger partial charge is 0.258 e. The number of carbonyl (C=O) groups is 2. The first-order valence-corrected chi connectivity index (χ1v) is 8.90. The molecule has 0 bridgehead atoms. The van der Waals surface area contributed by atoms with Gasteiger partial charge in [0.05, 0.1) is 23.4 Å². The Labute approximate surface area is 162 Å². The lowest BCUT2D eigenvalue weighted by atomic mass is 10.1. The van der Waals surface area contributed by atoms with Crippen LogP contribution >= 0.6 is 23.2 Å². The number of para-hydroxylation sites is 1. The Morgan fingerprint density at radius 1 is 1.15 bits per heavy atom. The van der Waals surface area contributed by atoms with Crippen molar-refractivity contribution in [2.24, 2.45) is 0 Å². The molecule has 2 aromatic carbocycles. The molecule has 1 heterocycles. The van der Waals surface area contributed by atoms with Gasteiger partial charge in [-0.1, -0.05) is 35.3 Å². The average molecular weight is 393 g/mol. The highest BCUT2D eigenvalue weighted by Gasteiger charge is 2.36. The van der Waals surface area contributed by atoms with E-state index in [2.05, 4.69) is 0 Å². The topological polar surface area (TPSA) is 49.9 Å². The van der Waals surface area contributed by atoms with Crippen LogP contribution in [-0.4, -0.2) is 43.0 Å². The van der Waals surface area contributed by atoms with Crippen molar-refractivity contribution in [2.75, 3.05) is 25.1 Å². The molecular weight excluding hydrogens is 375 g/mol. The minimum atomic E-state index is -0.618. The van der Waals surface area contributed by atoms with Crippen LogP contribution in [-0.2, 0) is 4.79 Å². The molecule has 0 N–H and O–H groups in total. The van der Waals surface area contributed by atoms with E-state index in [0.717, 1.165) is 0 Å². The molecular formula is C19H18Cl2N2O3. The Balaban J connectivity index is 1.85. The first-order chi connectivity index (χ1) is 12.4. The Hall–Kier alpha value is -2.24. The van der Waals surface area contributed by atoms with E-state index in [1.54, 1.807) is 59.2 Å². The van der Waals surface area contributed by atoms with Crippen LogP contribution in [0, 0.1) is 0 Å². The van der Waals surface area contributed by atoms with Gasteiger partial charge in [-0.25, -0.2) is 0 Å². The maximum absolute atomic E-state index is 12.9. The third kappa shape index (κ3) is 3.37. The van der Waals surface area contributed by atoms with Gasteiger partial charge in [0, 0.05) is 18.1 Å². The molecule has 0 aromatic heterocycles. The number of benzene rings is 2. The van der Waals surface area contributed by atoms with Gasteiger partial charge in [0.1, 0.15) is 11.8 Å². The summed E-state index contributed by atoms with van der Waals surface area (Å²) in [5, 5.41) is 0.909. The number of carbonyl (C=O) groups excluding carboxylic acids is 2. The molecule has 0 radical (unpaired) electrons. The van der Waals surface area contributed by atoms with Crippen LogP contribution in [0.4, 0.5) is 5.69 Å². The van der Waals surface area contributed by atoms with Gasteiger partial charge in [-0.15, -0.1) is 0 Å². The third-order valence-corrected chi connectivity index (χ3v) is 4.99. The van der Waals surface area contributed by atoms with Crippen LogP contribution in [0.1, 0.15) is 17.3 Å². The number of hydrogen-bond donors (Lipinski definition) is 0. The van der Waals surface area contributed by atoms with E-state index in [0.29, 0.717) is 40.1 Å². The van der Waals surface area contributed by atoms with E-state index in [1.165, 1.54) is 7.11 Å². The quantitative estimate of drug-likeness (QED) is 0.796. The fourth-order valence-corrected chi connectivity index (χ4v) is 3.57. The molecule has 2 amide bonds. The molecule has 7 heteroatoms. The molecule has 1 atom stereocenters. The third-order valence-electron chi connectivity index (χ3n) is 4.45. The number of methoxy groups -OCH3 is 1. The van der Waals surface area contributed by atoms with Crippen LogP contribution in [0.5, 0.6) is 5.75 Å². The first kappa shape index (κ1) is 18.5. The van der Waals surface area contributed by atoms with Crippen molar-refractivity contribution in [3.05, 3.63) is 58.1 Å². The zero-order valence-electron chi connectivity index (χ0n) is 14.4. The fraction of sp³-hybridized carbons (Fsp3) is 0.263. The number of nitrogens with zero attached hydrogens (tertiary/aromatic N) is 2. The predicted octanol–water partition coefficient (Wildman–Crippen LogP) is 3.88.